The van der Waals surface area contributed by atoms with Crippen molar-refractivity contribution in [2.45, 2.75) is 44.9 Å². The maximum atomic E-state index is 13.6. The topological polar surface area (TPSA) is 131 Å². The minimum Gasteiger partial charge on any atom is -0.378 e. The lowest BCUT2D eigenvalue weighted by atomic mass is 9.79. The number of nitrogens with zero attached hydrogens (tertiary/aromatic N) is 2. The number of primary amides is 1. The lowest BCUT2D eigenvalue weighted by Crippen LogP contribution is -2.58. The highest BCUT2D eigenvalue weighted by atomic mass is 16.5. The number of amides is 4. The number of nitrogens with two attached hydrogens (primary N) is 1. The van der Waals surface area contributed by atoms with E-state index in [0.29, 0.717) is 39.1 Å². The molecular weight excluding hydrogens is 440 g/mol. The average Bonchev–Trinajstić information content (AvgIpc) is 3.20. The Kier molecular flexibility index (Phi) is 8.27. The van der Waals surface area contributed by atoms with E-state index < -0.39 is 35.8 Å². The third-order valence-electron chi connectivity index (χ3n) is 6.24. The van der Waals surface area contributed by atoms with Gasteiger partial charge in [-0.1, -0.05) is 44.2 Å². The molecule has 10 nitrogen and oxygen atoms in total. The number of nitrogens with one attached hydrogen (secondary N) is 1. The molecule has 0 saturated carbocycles. The van der Waals surface area contributed by atoms with Gasteiger partial charge < -0.3 is 30.3 Å². The number of Topliss-reactive ketones (excluding diaryl/α,β-unsaturated/α-hetero) is 1. The largest absolute Gasteiger partial charge is 0.378 e. The molecule has 2 saturated heterocycles. The van der Waals surface area contributed by atoms with Crippen molar-refractivity contribution >= 4 is 23.6 Å². The SMILES string of the molecule is CN(C(=O)[C@H](CC(C)(C)Cc1ccccc1)NC(=O)N1CCOCC1)C1C(=O)COC1C(N)=O. The van der Waals surface area contributed by atoms with Gasteiger partial charge >= 0.3 is 6.03 Å². The number of hydrogen-bond donors (Lipinski definition) is 2. The highest BCUT2D eigenvalue weighted by Crippen LogP contribution is 2.29. The minimum absolute atomic E-state index is 0.291. The van der Waals surface area contributed by atoms with Crippen LogP contribution in [0.15, 0.2) is 30.3 Å². The van der Waals surface area contributed by atoms with E-state index in [2.05, 4.69) is 5.32 Å². The summed E-state index contributed by atoms with van der Waals surface area (Å²) in [4.78, 5) is 53.6. The second-order valence-electron chi connectivity index (χ2n) is 9.63. The summed E-state index contributed by atoms with van der Waals surface area (Å²) in [5, 5.41) is 2.86. The molecule has 3 atom stereocenters. The van der Waals surface area contributed by atoms with E-state index in [0.717, 1.165) is 5.56 Å². The van der Waals surface area contributed by atoms with Gasteiger partial charge in [-0.25, -0.2) is 4.79 Å². The molecule has 186 valence electrons. The third kappa shape index (κ3) is 6.32. The van der Waals surface area contributed by atoms with Crippen LogP contribution < -0.4 is 11.1 Å². The van der Waals surface area contributed by atoms with Crippen molar-refractivity contribution < 1.29 is 28.7 Å². The summed E-state index contributed by atoms with van der Waals surface area (Å²) in [6.45, 7) is 5.47. The molecule has 2 fully saturated rings. The molecule has 0 aromatic heterocycles. The molecule has 0 aliphatic carbocycles. The molecule has 0 spiro atoms. The second-order valence-corrected chi connectivity index (χ2v) is 9.63. The van der Waals surface area contributed by atoms with E-state index in [4.69, 9.17) is 15.2 Å². The Morgan fingerprint density at radius 3 is 2.47 bits per heavy atom. The molecule has 1 aromatic rings. The molecule has 0 bridgehead atoms. The normalized spacial score (nSPS) is 21.7. The predicted molar refractivity (Wildman–Crippen MR) is 124 cm³/mol. The van der Waals surface area contributed by atoms with Crippen LogP contribution >= 0.6 is 0 Å². The van der Waals surface area contributed by atoms with Crippen LogP contribution in [0.25, 0.3) is 0 Å². The quantitative estimate of drug-likeness (QED) is 0.558. The van der Waals surface area contributed by atoms with E-state index >= 15 is 0 Å². The first-order valence-corrected chi connectivity index (χ1v) is 11.5. The van der Waals surface area contributed by atoms with Crippen molar-refractivity contribution in [3.05, 3.63) is 35.9 Å². The fourth-order valence-corrected chi connectivity index (χ4v) is 4.54. The van der Waals surface area contributed by atoms with E-state index in [1.165, 1.54) is 11.9 Å². The molecule has 10 heteroatoms. The number of benzene rings is 1. The van der Waals surface area contributed by atoms with Gasteiger partial charge in [-0.05, 0) is 23.8 Å². The Labute approximate surface area is 199 Å². The zero-order valence-corrected chi connectivity index (χ0v) is 20.0. The van der Waals surface area contributed by atoms with Gasteiger partial charge in [-0.3, -0.25) is 14.4 Å². The number of hydrogen-bond acceptors (Lipinski definition) is 6. The summed E-state index contributed by atoms with van der Waals surface area (Å²) in [5.41, 5.74) is 6.14. The third-order valence-corrected chi connectivity index (χ3v) is 6.24. The van der Waals surface area contributed by atoms with Crippen molar-refractivity contribution in [1.82, 2.24) is 15.1 Å². The highest BCUT2D eigenvalue weighted by Gasteiger charge is 2.45. The van der Waals surface area contributed by atoms with Gasteiger partial charge in [0.2, 0.25) is 11.8 Å². The Balaban J connectivity index is 1.80. The Morgan fingerprint density at radius 2 is 1.85 bits per heavy atom. The Hall–Kier alpha value is -2.98. The Bertz CT molecular complexity index is 900. The second kappa shape index (κ2) is 11.0. The van der Waals surface area contributed by atoms with Crippen molar-refractivity contribution in [2.24, 2.45) is 11.1 Å². The van der Waals surface area contributed by atoms with Gasteiger partial charge in [-0.2, -0.15) is 0 Å². The van der Waals surface area contributed by atoms with Gasteiger partial charge in [0.25, 0.3) is 0 Å². The van der Waals surface area contributed by atoms with Gasteiger partial charge in [0.15, 0.2) is 11.9 Å². The van der Waals surface area contributed by atoms with Gasteiger partial charge in [0.1, 0.15) is 18.7 Å². The fourth-order valence-electron chi connectivity index (χ4n) is 4.54. The molecule has 2 unspecified atom stereocenters. The molecule has 34 heavy (non-hydrogen) atoms. The van der Waals surface area contributed by atoms with Crippen LogP contribution in [0, 0.1) is 5.41 Å². The van der Waals surface area contributed by atoms with Crippen LogP contribution in [0.3, 0.4) is 0 Å². The maximum absolute atomic E-state index is 13.6. The zero-order chi connectivity index (χ0) is 24.9. The number of likely N-dealkylation sites (N-methyl/N-ethyl adjacent to an activating group) is 1. The van der Waals surface area contributed by atoms with Crippen LogP contribution in [-0.4, -0.2) is 91.6 Å². The van der Waals surface area contributed by atoms with E-state index in [1.54, 1.807) is 4.90 Å². The Morgan fingerprint density at radius 1 is 1.21 bits per heavy atom. The zero-order valence-electron chi connectivity index (χ0n) is 20.0. The molecule has 2 aliphatic heterocycles. The van der Waals surface area contributed by atoms with Crippen molar-refractivity contribution in [2.75, 3.05) is 40.0 Å². The maximum Gasteiger partial charge on any atom is 0.318 e. The summed E-state index contributed by atoms with van der Waals surface area (Å²) in [5.74, 6) is -1.69. The number of rotatable bonds is 8. The summed E-state index contributed by atoms with van der Waals surface area (Å²) >= 11 is 0. The number of carbonyl (C=O) groups is 4. The fraction of sp³-hybridized carbons (Fsp3) is 0.583. The van der Waals surface area contributed by atoms with E-state index in [1.807, 2.05) is 44.2 Å². The molecule has 4 amide bonds. The number of carbonyl (C=O) groups excluding carboxylic acids is 4. The molecule has 2 heterocycles. The summed E-state index contributed by atoms with van der Waals surface area (Å²) in [6.07, 6.45) is -0.205. The molecule has 3 N–H and O–H groups in total. The van der Waals surface area contributed by atoms with Crippen LogP contribution in [0.4, 0.5) is 4.79 Å². The summed E-state index contributed by atoms with van der Waals surface area (Å²) < 4.78 is 10.5. The van der Waals surface area contributed by atoms with Crippen molar-refractivity contribution in [3.8, 4) is 0 Å². The predicted octanol–water partition coefficient (Wildman–Crippen LogP) is 0.336. The monoisotopic (exact) mass is 474 g/mol. The smallest absolute Gasteiger partial charge is 0.318 e. The molecule has 3 rings (SSSR count). The lowest BCUT2D eigenvalue weighted by molar-refractivity contribution is -0.141. The standard InChI is InChI=1S/C24H34N4O6/c1-24(2,13-16-7-5-4-6-8-16)14-17(26-23(32)28-9-11-33-12-10-28)22(31)27(3)19-18(29)15-34-20(19)21(25)30/h4-8,17,19-20H,9-15H2,1-3H3,(H2,25,30)(H,26,32)/t17-,19?,20?/m0/s1. The van der Waals surface area contributed by atoms with Crippen molar-refractivity contribution in [1.29, 1.82) is 0 Å². The number of morpholine rings is 1. The average molecular weight is 475 g/mol. The number of ketones is 1. The minimum atomic E-state index is -1.21. The molecule has 1 aromatic carbocycles. The first kappa shape index (κ1) is 25.6. The van der Waals surface area contributed by atoms with Crippen LogP contribution in [-0.2, 0) is 30.3 Å². The van der Waals surface area contributed by atoms with E-state index in [9.17, 15) is 19.2 Å². The van der Waals surface area contributed by atoms with Crippen LogP contribution in [0.5, 0.6) is 0 Å². The number of ether oxygens (including phenoxy) is 2. The van der Waals surface area contributed by atoms with Crippen LogP contribution in [0.1, 0.15) is 25.8 Å². The first-order chi connectivity index (χ1) is 16.1. The molecular formula is C24H34N4O6. The van der Waals surface area contributed by atoms with Gasteiger partial charge in [-0.15, -0.1) is 0 Å². The number of urea groups is 1. The van der Waals surface area contributed by atoms with Crippen molar-refractivity contribution in [3.63, 3.8) is 0 Å². The first-order valence-electron chi connectivity index (χ1n) is 11.5. The van der Waals surface area contributed by atoms with Gasteiger partial charge in [0.05, 0.1) is 13.2 Å². The van der Waals surface area contributed by atoms with E-state index in [-0.39, 0.29) is 18.1 Å². The summed E-state index contributed by atoms with van der Waals surface area (Å²) in [7, 11) is 1.44. The van der Waals surface area contributed by atoms with Crippen LogP contribution in [0.2, 0.25) is 0 Å². The summed E-state index contributed by atoms with van der Waals surface area (Å²) in [6, 6.07) is 7.48. The lowest BCUT2D eigenvalue weighted by Gasteiger charge is -2.36. The molecule has 0 radical (unpaired) electrons. The van der Waals surface area contributed by atoms with Gasteiger partial charge in [0, 0.05) is 20.1 Å². The highest BCUT2D eigenvalue weighted by molar-refractivity contribution is 5.99. The molecule has 2 aliphatic rings.